The van der Waals surface area contributed by atoms with Crippen molar-refractivity contribution in [2.45, 2.75) is 52.3 Å². The van der Waals surface area contributed by atoms with E-state index in [1.54, 1.807) is 49.4 Å². The lowest BCUT2D eigenvalue weighted by atomic mass is 10.0. The molecule has 7 nitrogen and oxygen atoms in total. The number of nitrogens with zero attached hydrogens (tertiary/aromatic N) is 2. The maximum absolute atomic E-state index is 14.5. The average Bonchev–Trinajstić information content (AvgIpc) is 2.85. The summed E-state index contributed by atoms with van der Waals surface area (Å²) in [5.74, 6) is -0.0278. The van der Waals surface area contributed by atoms with E-state index in [1.165, 1.54) is 6.07 Å². The molecule has 1 aliphatic rings. The number of methoxy groups -OCH3 is 1. The topological polar surface area (TPSA) is 71.1 Å². The van der Waals surface area contributed by atoms with Gasteiger partial charge >= 0.3 is 0 Å². The number of halogens is 1. The van der Waals surface area contributed by atoms with E-state index in [0.29, 0.717) is 55.2 Å². The molecule has 3 rings (SSSR count). The van der Waals surface area contributed by atoms with Crippen LogP contribution in [0.3, 0.4) is 0 Å². The first-order valence-corrected chi connectivity index (χ1v) is 12.6. The van der Waals surface area contributed by atoms with Crippen LogP contribution in [0.25, 0.3) is 0 Å². The molecule has 0 aliphatic carbocycles. The van der Waals surface area contributed by atoms with E-state index in [0.717, 1.165) is 6.42 Å². The molecule has 36 heavy (non-hydrogen) atoms. The van der Waals surface area contributed by atoms with Crippen molar-refractivity contribution < 1.29 is 23.5 Å². The minimum absolute atomic E-state index is 0.0615. The number of fused-ring (bicyclic) bond motifs is 1. The summed E-state index contributed by atoms with van der Waals surface area (Å²) >= 11 is 0. The Kier molecular flexibility index (Phi) is 9.84. The fraction of sp³-hybridized carbons (Fsp3) is 0.500. The third-order valence-electron chi connectivity index (χ3n) is 6.67. The third kappa shape index (κ3) is 7.04. The Bertz CT molecular complexity index is 1050. The van der Waals surface area contributed by atoms with Gasteiger partial charge in [0.2, 0.25) is 5.91 Å². The molecule has 0 spiro atoms. The number of likely N-dealkylation sites (N-methyl/N-ethyl adjacent to an activating group) is 1. The number of carbonyl (C=O) groups is 2. The van der Waals surface area contributed by atoms with Gasteiger partial charge in [-0.15, -0.1) is 0 Å². The van der Waals surface area contributed by atoms with Gasteiger partial charge in [0, 0.05) is 57.5 Å². The maximum atomic E-state index is 14.5. The van der Waals surface area contributed by atoms with Gasteiger partial charge in [-0.05, 0) is 43.5 Å². The van der Waals surface area contributed by atoms with E-state index < -0.39 is 0 Å². The zero-order chi connectivity index (χ0) is 26.2. The van der Waals surface area contributed by atoms with Gasteiger partial charge < -0.3 is 19.7 Å². The van der Waals surface area contributed by atoms with Crippen molar-refractivity contribution in [3.63, 3.8) is 0 Å². The molecule has 1 aliphatic heterocycles. The predicted molar refractivity (Wildman–Crippen MR) is 139 cm³/mol. The summed E-state index contributed by atoms with van der Waals surface area (Å²) in [5, 5.41) is 2.86. The molecule has 0 radical (unpaired) electrons. The molecular weight excluding hydrogens is 461 g/mol. The van der Waals surface area contributed by atoms with Crippen molar-refractivity contribution in [3.8, 4) is 5.75 Å². The molecule has 8 heteroatoms. The molecule has 2 aromatic rings. The largest absolute Gasteiger partial charge is 0.491 e. The van der Waals surface area contributed by atoms with Crippen LogP contribution in [-0.2, 0) is 16.1 Å². The summed E-state index contributed by atoms with van der Waals surface area (Å²) in [5.41, 5.74) is 1.55. The molecule has 3 atom stereocenters. The molecule has 1 heterocycles. The lowest BCUT2D eigenvalue weighted by molar-refractivity contribution is -0.116. The third-order valence-corrected chi connectivity index (χ3v) is 6.67. The smallest absolute Gasteiger partial charge is 0.257 e. The van der Waals surface area contributed by atoms with Gasteiger partial charge in [0.25, 0.3) is 5.91 Å². The van der Waals surface area contributed by atoms with Crippen molar-refractivity contribution in [1.82, 2.24) is 9.80 Å². The fourth-order valence-corrected chi connectivity index (χ4v) is 4.45. The number of hydrogen-bond donors (Lipinski definition) is 1. The summed E-state index contributed by atoms with van der Waals surface area (Å²) in [6, 6.07) is 11.9. The van der Waals surface area contributed by atoms with Crippen LogP contribution >= 0.6 is 0 Å². The SMILES string of the molecule is CCCC(=O)Nc1ccc2c(c1)C(=O)N(C)C[C@@H](OC)[C@H](C)CN(Cc1ccccc1F)[C@@H](C)CO2. The van der Waals surface area contributed by atoms with E-state index in [2.05, 4.69) is 17.1 Å². The zero-order valence-corrected chi connectivity index (χ0v) is 21.9. The molecule has 0 fully saturated rings. The summed E-state index contributed by atoms with van der Waals surface area (Å²) in [6.07, 6.45) is 0.925. The van der Waals surface area contributed by atoms with Gasteiger partial charge in [-0.2, -0.15) is 0 Å². The lowest BCUT2D eigenvalue weighted by Crippen LogP contribution is -2.46. The van der Waals surface area contributed by atoms with Crippen molar-refractivity contribution >= 4 is 17.5 Å². The van der Waals surface area contributed by atoms with Gasteiger partial charge in [0.05, 0.1) is 11.7 Å². The van der Waals surface area contributed by atoms with Crippen LogP contribution in [0.4, 0.5) is 10.1 Å². The highest BCUT2D eigenvalue weighted by Gasteiger charge is 2.29. The Morgan fingerprint density at radius 3 is 2.64 bits per heavy atom. The van der Waals surface area contributed by atoms with Crippen LogP contribution in [0.2, 0.25) is 0 Å². The zero-order valence-electron chi connectivity index (χ0n) is 21.9. The van der Waals surface area contributed by atoms with Gasteiger partial charge in [-0.25, -0.2) is 4.39 Å². The molecule has 0 aromatic heterocycles. The molecule has 0 unspecified atom stereocenters. The van der Waals surface area contributed by atoms with E-state index >= 15 is 0 Å². The Hall–Kier alpha value is -2.97. The minimum atomic E-state index is -0.235. The number of anilines is 1. The van der Waals surface area contributed by atoms with Crippen molar-refractivity contribution in [2.24, 2.45) is 5.92 Å². The van der Waals surface area contributed by atoms with Gasteiger partial charge in [-0.3, -0.25) is 14.5 Å². The lowest BCUT2D eigenvalue weighted by Gasteiger charge is -2.36. The van der Waals surface area contributed by atoms with Gasteiger partial charge in [0.1, 0.15) is 18.2 Å². The minimum Gasteiger partial charge on any atom is -0.491 e. The second-order valence-electron chi connectivity index (χ2n) is 9.63. The van der Waals surface area contributed by atoms with Gasteiger partial charge in [-0.1, -0.05) is 32.0 Å². The summed E-state index contributed by atoms with van der Waals surface area (Å²) in [6.45, 7) is 7.82. The molecular formula is C28H38FN3O4. The summed E-state index contributed by atoms with van der Waals surface area (Å²) < 4.78 is 26.4. The maximum Gasteiger partial charge on any atom is 0.257 e. The second-order valence-corrected chi connectivity index (χ2v) is 9.63. The van der Waals surface area contributed by atoms with Crippen LogP contribution in [0.15, 0.2) is 42.5 Å². The Morgan fingerprint density at radius 1 is 1.19 bits per heavy atom. The Balaban J connectivity index is 1.93. The first-order valence-electron chi connectivity index (χ1n) is 12.6. The van der Waals surface area contributed by atoms with E-state index in [4.69, 9.17) is 9.47 Å². The van der Waals surface area contributed by atoms with Crippen LogP contribution in [0, 0.1) is 11.7 Å². The number of hydrogen-bond acceptors (Lipinski definition) is 5. The monoisotopic (exact) mass is 499 g/mol. The summed E-state index contributed by atoms with van der Waals surface area (Å²) in [4.78, 5) is 29.4. The second kappa shape index (κ2) is 12.8. The summed E-state index contributed by atoms with van der Waals surface area (Å²) in [7, 11) is 3.38. The number of rotatable bonds is 6. The molecule has 0 saturated carbocycles. The highest BCUT2D eigenvalue weighted by Crippen LogP contribution is 2.27. The number of benzene rings is 2. The number of amides is 2. The van der Waals surface area contributed by atoms with Crippen LogP contribution < -0.4 is 10.1 Å². The molecule has 196 valence electrons. The standard InChI is InChI=1S/C28H38FN3O4/c1-6-9-27(33)30-22-12-13-25-23(14-22)28(34)31(4)17-26(35-5)19(2)15-32(20(3)18-36-25)16-21-10-7-8-11-24(21)29/h7-8,10-14,19-20,26H,6,9,15-18H2,1-5H3,(H,30,33)/t19-,20+,26-/m1/s1. The number of carbonyl (C=O) groups excluding carboxylic acids is 2. The Morgan fingerprint density at radius 2 is 1.94 bits per heavy atom. The first kappa shape index (κ1) is 27.6. The fourth-order valence-electron chi connectivity index (χ4n) is 4.45. The van der Waals surface area contributed by atoms with Crippen LogP contribution in [0.1, 0.15) is 49.5 Å². The first-order chi connectivity index (χ1) is 17.2. The van der Waals surface area contributed by atoms with Crippen LogP contribution in [-0.4, -0.2) is 67.6 Å². The highest BCUT2D eigenvalue weighted by atomic mass is 19.1. The predicted octanol–water partition coefficient (Wildman–Crippen LogP) is 4.57. The molecule has 0 bridgehead atoms. The van der Waals surface area contributed by atoms with Crippen molar-refractivity contribution in [2.75, 3.05) is 39.2 Å². The van der Waals surface area contributed by atoms with E-state index in [-0.39, 0.29) is 35.7 Å². The molecule has 0 saturated heterocycles. The molecule has 2 amide bonds. The number of ether oxygens (including phenoxy) is 2. The molecule has 1 N–H and O–H groups in total. The molecule has 2 aromatic carbocycles. The van der Waals surface area contributed by atoms with Crippen molar-refractivity contribution in [3.05, 3.63) is 59.4 Å². The normalized spacial score (nSPS) is 21.7. The average molecular weight is 500 g/mol. The van der Waals surface area contributed by atoms with E-state index in [9.17, 15) is 14.0 Å². The van der Waals surface area contributed by atoms with Crippen LogP contribution in [0.5, 0.6) is 5.75 Å². The van der Waals surface area contributed by atoms with Gasteiger partial charge in [0.15, 0.2) is 0 Å². The number of nitrogens with one attached hydrogen (secondary N) is 1. The Labute approximate surface area is 213 Å². The quantitative estimate of drug-likeness (QED) is 0.631. The highest BCUT2D eigenvalue weighted by molar-refractivity contribution is 5.99. The van der Waals surface area contributed by atoms with Crippen molar-refractivity contribution in [1.29, 1.82) is 0 Å². The van der Waals surface area contributed by atoms with E-state index in [1.807, 2.05) is 19.9 Å².